The Hall–Kier alpha value is -2.16. The van der Waals surface area contributed by atoms with Crippen LogP contribution >= 0.6 is 11.3 Å². The SMILES string of the molecule is CN(C)C(CNC(=O)c1cccc(C#N)c1)c1cccs1. The molecule has 1 atom stereocenters. The van der Waals surface area contributed by atoms with Crippen LogP contribution in [0.5, 0.6) is 0 Å². The summed E-state index contributed by atoms with van der Waals surface area (Å²) in [6.07, 6.45) is 0. The number of hydrogen-bond donors (Lipinski definition) is 1. The second-order valence-electron chi connectivity index (χ2n) is 4.90. The molecule has 21 heavy (non-hydrogen) atoms. The number of benzene rings is 1. The largest absolute Gasteiger partial charge is 0.350 e. The standard InChI is InChI=1S/C16H17N3OS/c1-19(2)14(15-7-4-8-21-15)11-18-16(20)13-6-3-5-12(9-13)10-17/h3-9,14H,11H2,1-2H3,(H,18,20). The lowest BCUT2D eigenvalue weighted by molar-refractivity contribution is 0.0942. The van der Waals surface area contributed by atoms with Gasteiger partial charge in [-0.1, -0.05) is 12.1 Å². The van der Waals surface area contributed by atoms with Crippen molar-refractivity contribution in [3.63, 3.8) is 0 Å². The Morgan fingerprint density at radius 3 is 2.81 bits per heavy atom. The molecule has 0 bridgehead atoms. The quantitative estimate of drug-likeness (QED) is 0.923. The van der Waals surface area contributed by atoms with Crippen LogP contribution in [0, 0.1) is 11.3 Å². The van der Waals surface area contributed by atoms with E-state index in [9.17, 15) is 4.79 Å². The summed E-state index contributed by atoms with van der Waals surface area (Å²) in [5, 5.41) is 13.8. The third-order valence-electron chi connectivity index (χ3n) is 3.20. The van der Waals surface area contributed by atoms with Gasteiger partial charge in [0.1, 0.15) is 0 Å². The maximum absolute atomic E-state index is 12.2. The van der Waals surface area contributed by atoms with Gasteiger partial charge in [-0.2, -0.15) is 5.26 Å². The zero-order chi connectivity index (χ0) is 15.2. The van der Waals surface area contributed by atoms with Gasteiger partial charge in [-0.15, -0.1) is 11.3 Å². The molecule has 0 radical (unpaired) electrons. The van der Waals surface area contributed by atoms with E-state index in [4.69, 9.17) is 5.26 Å². The Morgan fingerprint density at radius 1 is 1.38 bits per heavy atom. The third-order valence-corrected chi connectivity index (χ3v) is 4.18. The van der Waals surface area contributed by atoms with Gasteiger partial charge < -0.3 is 10.2 Å². The van der Waals surface area contributed by atoms with Crippen LogP contribution in [-0.4, -0.2) is 31.4 Å². The number of amides is 1. The van der Waals surface area contributed by atoms with E-state index in [1.54, 1.807) is 35.6 Å². The number of rotatable bonds is 5. The molecule has 0 spiro atoms. The van der Waals surface area contributed by atoms with E-state index in [0.717, 1.165) is 0 Å². The summed E-state index contributed by atoms with van der Waals surface area (Å²) < 4.78 is 0. The molecule has 1 aromatic carbocycles. The molecule has 2 aromatic rings. The Kier molecular flexibility index (Phi) is 5.09. The number of carbonyl (C=O) groups is 1. The van der Waals surface area contributed by atoms with Crippen molar-refractivity contribution in [2.24, 2.45) is 0 Å². The molecule has 0 saturated heterocycles. The molecule has 0 aliphatic heterocycles. The molecule has 0 aliphatic carbocycles. The van der Waals surface area contributed by atoms with Gasteiger partial charge in [0.05, 0.1) is 17.7 Å². The average molecular weight is 299 g/mol. The molecule has 1 amide bonds. The summed E-state index contributed by atoms with van der Waals surface area (Å²) in [4.78, 5) is 15.5. The summed E-state index contributed by atoms with van der Waals surface area (Å²) in [5.74, 6) is -0.157. The Bertz CT molecular complexity index is 644. The highest BCUT2D eigenvalue weighted by molar-refractivity contribution is 7.10. The zero-order valence-electron chi connectivity index (χ0n) is 12.0. The van der Waals surface area contributed by atoms with Crippen LogP contribution in [0.15, 0.2) is 41.8 Å². The average Bonchev–Trinajstić information content (AvgIpc) is 3.01. The van der Waals surface area contributed by atoms with E-state index in [2.05, 4.69) is 16.3 Å². The summed E-state index contributed by atoms with van der Waals surface area (Å²) in [6, 6.07) is 13.0. The number of hydrogen-bond acceptors (Lipinski definition) is 4. The van der Waals surface area contributed by atoms with Crippen LogP contribution in [-0.2, 0) is 0 Å². The number of nitriles is 1. The van der Waals surface area contributed by atoms with Crippen molar-refractivity contribution in [1.29, 1.82) is 5.26 Å². The first-order valence-electron chi connectivity index (χ1n) is 6.60. The van der Waals surface area contributed by atoms with Crippen molar-refractivity contribution < 1.29 is 4.79 Å². The summed E-state index contributed by atoms with van der Waals surface area (Å²) in [7, 11) is 3.99. The van der Waals surface area contributed by atoms with Crippen molar-refractivity contribution in [3.8, 4) is 6.07 Å². The molecule has 0 aliphatic rings. The van der Waals surface area contributed by atoms with E-state index < -0.39 is 0 Å². The Balaban J connectivity index is 2.04. The minimum Gasteiger partial charge on any atom is -0.350 e. The maximum atomic E-state index is 12.2. The highest BCUT2D eigenvalue weighted by atomic mass is 32.1. The van der Waals surface area contributed by atoms with Gasteiger partial charge >= 0.3 is 0 Å². The van der Waals surface area contributed by atoms with E-state index in [1.165, 1.54) is 4.88 Å². The number of nitrogens with one attached hydrogen (secondary N) is 1. The van der Waals surface area contributed by atoms with E-state index in [0.29, 0.717) is 17.7 Å². The smallest absolute Gasteiger partial charge is 0.251 e. The lowest BCUT2D eigenvalue weighted by atomic mass is 10.1. The number of carbonyl (C=O) groups excluding carboxylic acids is 1. The second-order valence-corrected chi connectivity index (χ2v) is 5.88. The maximum Gasteiger partial charge on any atom is 0.251 e. The molecule has 0 saturated carbocycles. The van der Waals surface area contributed by atoms with Crippen molar-refractivity contribution >= 4 is 17.2 Å². The Morgan fingerprint density at radius 2 is 2.19 bits per heavy atom. The molecule has 1 aromatic heterocycles. The first kappa shape index (κ1) is 15.2. The predicted octanol–water partition coefficient (Wildman–Crippen LogP) is 2.65. The fourth-order valence-corrected chi connectivity index (χ4v) is 2.96. The first-order chi connectivity index (χ1) is 10.1. The topological polar surface area (TPSA) is 56.1 Å². The van der Waals surface area contributed by atoms with Crippen LogP contribution < -0.4 is 5.32 Å². The minimum atomic E-state index is -0.157. The van der Waals surface area contributed by atoms with E-state index in [1.807, 2.05) is 31.6 Å². The lowest BCUT2D eigenvalue weighted by Crippen LogP contribution is -2.34. The highest BCUT2D eigenvalue weighted by Crippen LogP contribution is 2.22. The van der Waals surface area contributed by atoms with Gasteiger partial charge in [0.25, 0.3) is 5.91 Å². The predicted molar refractivity (Wildman–Crippen MR) is 84.2 cm³/mol. The fraction of sp³-hybridized carbons (Fsp3) is 0.250. The summed E-state index contributed by atoms with van der Waals surface area (Å²) in [6.45, 7) is 0.531. The second kappa shape index (κ2) is 7.02. The molecular weight excluding hydrogens is 282 g/mol. The van der Waals surface area contributed by atoms with Gasteiger partial charge in [0, 0.05) is 17.0 Å². The Labute approximate surface area is 128 Å². The molecule has 1 unspecified atom stereocenters. The third kappa shape index (κ3) is 3.91. The number of likely N-dealkylation sites (N-methyl/N-ethyl adjacent to an activating group) is 1. The van der Waals surface area contributed by atoms with Gasteiger partial charge in [-0.05, 0) is 43.7 Å². The zero-order valence-corrected chi connectivity index (χ0v) is 12.9. The lowest BCUT2D eigenvalue weighted by Gasteiger charge is -2.23. The molecule has 4 nitrogen and oxygen atoms in total. The van der Waals surface area contributed by atoms with Crippen LogP contribution in [0.2, 0.25) is 0 Å². The van der Waals surface area contributed by atoms with Crippen molar-refractivity contribution in [2.45, 2.75) is 6.04 Å². The van der Waals surface area contributed by atoms with Crippen LogP contribution in [0.1, 0.15) is 26.8 Å². The van der Waals surface area contributed by atoms with Gasteiger partial charge in [0.15, 0.2) is 0 Å². The van der Waals surface area contributed by atoms with Gasteiger partial charge in [-0.25, -0.2) is 0 Å². The monoisotopic (exact) mass is 299 g/mol. The van der Waals surface area contributed by atoms with Crippen LogP contribution in [0.4, 0.5) is 0 Å². The van der Waals surface area contributed by atoms with E-state index in [-0.39, 0.29) is 11.9 Å². The molecule has 0 fully saturated rings. The van der Waals surface area contributed by atoms with E-state index >= 15 is 0 Å². The van der Waals surface area contributed by atoms with Crippen molar-refractivity contribution in [3.05, 3.63) is 57.8 Å². The highest BCUT2D eigenvalue weighted by Gasteiger charge is 2.16. The summed E-state index contributed by atoms with van der Waals surface area (Å²) in [5.41, 5.74) is 1.00. The fourth-order valence-electron chi connectivity index (χ4n) is 2.04. The van der Waals surface area contributed by atoms with Gasteiger partial charge in [-0.3, -0.25) is 4.79 Å². The first-order valence-corrected chi connectivity index (χ1v) is 7.48. The molecule has 2 rings (SSSR count). The molecular formula is C16H17N3OS. The van der Waals surface area contributed by atoms with Crippen molar-refractivity contribution in [1.82, 2.24) is 10.2 Å². The van der Waals surface area contributed by atoms with Crippen LogP contribution in [0.25, 0.3) is 0 Å². The molecule has 5 heteroatoms. The normalized spacial score (nSPS) is 11.9. The number of thiophene rings is 1. The molecule has 108 valence electrons. The summed E-state index contributed by atoms with van der Waals surface area (Å²) >= 11 is 1.68. The van der Waals surface area contributed by atoms with Gasteiger partial charge in [0.2, 0.25) is 0 Å². The van der Waals surface area contributed by atoms with Crippen LogP contribution in [0.3, 0.4) is 0 Å². The minimum absolute atomic E-state index is 0.146. The number of nitrogens with zero attached hydrogens (tertiary/aromatic N) is 2. The molecule has 1 N–H and O–H groups in total. The van der Waals surface area contributed by atoms with Crippen molar-refractivity contribution in [2.75, 3.05) is 20.6 Å². The molecule has 1 heterocycles.